The SMILES string of the molecule is Cc1ccc(C)c(-c2ccc3cc4c(ccc5ccccc54)cc3c2)c1.Cc1cccc(-c2ccc3cc4c(ccc5ccccc54)cc3c2)c1C.Cc1cccc(C)c1-c1ccc2cc3c(ccc4ccccc43)cc2c1. The van der Waals surface area contributed by atoms with Crippen LogP contribution in [-0.2, 0) is 0 Å². The topological polar surface area (TPSA) is 0 Å². The third-order valence-electron chi connectivity index (χ3n) is 16.5. The zero-order valence-electron chi connectivity index (χ0n) is 45.2. The van der Waals surface area contributed by atoms with Crippen LogP contribution < -0.4 is 0 Å². The fourth-order valence-electron chi connectivity index (χ4n) is 12.1. The van der Waals surface area contributed by atoms with Crippen molar-refractivity contribution in [2.24, 2.45) is 0 Å². The van der Waals surface area contributed by atoms with E-state index >= 15 is 0 Å². The monoisotopic (exact) mass is 996 g/mol. The molecule has 0 N–H and O–H groups in total. The maximum atomic E-state index is 2.33. The van der Waals surface area contributed by atoms with Crippen molar-refractivity contribution in [2.75, 3.05) is 0 Å². The van der Waals surface area contributed by atoms with E-state index in [4.69, 9.17) is 0 Å². The Morgan fingerprint density at radius 3 is 1.06 bits per heavy atom. The highest BCUT2D eigenvalue weighted by atomic mass is 14.2. The second kappa shape index (κ2) is 20.0. The summed E-state index contributed by atoms with van der Waals surface area (Å²) in [6.07, 6.45) is 0. The zero-order chi connectivity index (χ0) is 53.0. The Morgan fingerprint density at radius 2 is 0.577 bits per heavy atom. The Hall–Kier alpha value is -9.36. The number of rotatable bonds is 3. The van der Waals surface area contributed by atoms with Crippen LogP contribution in [-0.4, -0.2) is 0 Å². The van der Waals surface area contributed by atoms with E-state index in [1.807, 2.05) is 0 Å². The van der Waals surface area contributed by atoms with E-state index < -0.39 is 0 Å². The molecule has 0 atom stereocenters. The van der Waals surface area contributed by atoms with E-state index in [1.165, 1.54) is 164 Å². The first kappa shape index (κ1) is 48.3. The Kier molecular flexibility index (Phi) is 12.4. The molecule has 0 nitrogen and oxygen atoms in total. The molecule has 0 saturated heterocycles. The average molecular weight is 997 g/mol. The van der Waals surface area contributed by atoms with Gasteiger partial charge in [0.2, 0.25) is 0 Å². The molecule has 15 rings (SSSR count). The average Bonchev–Trinajstić information content (AvgIpc) is 3.51. The van der Waals surface area contributed by atoms with Gasteiger partial charge >= 0.3 is 0 Å². The van der Waals surface area contributed by atoms with Crippen LogP contribution >= 0.6 is 0 Å². The normalized spacial score (nSPS) is 11.5. The zero-order valence-corrected chi connectivity index (χ0v) is 45.2. The molecule has 0 saturated carbocycles. The van der Waals surface area contributed by atoms with E-state index in [2.05, 4.69) is 296 Å². The van der Waals surface area contributed by atoms with Crippen LogP contribution in [0, 0.1) is 41.5 Å². The molecule has 0 aliphatic heterocycles. The van der Waals surface area contributed by atoms with Crippen LogP contribution in [0.2, 0.25) is 0 Å². The van der Waals surface area contributed by atoms with Crippen LogP contribution in [0.1, 0.15) is 33.4 Å². The first-order valence-electron chi connectivity index (χ1n) is 27.4. The molecule has 0 amide bonds. The van der Waals surface area contributed by atoms with Gasteiger partial charge in [0.25, 0.3) is 0 Å². The van der Waals surface area contributed by atoms with Gasteiger partial charge in [0.05, 0.1) is 0 Å². The van der Waals surface area contributed by atoms with Crippen molar-refractivity contribution < 1.29 is 0 Å². The second-order valence-electron chi connectivity index (χ2n) is 21.6. The molecule has 0 aromatic heterocycles. The summed E-state index contributed by atoms with van der Waals surface area (Å²) in [6.45, 7) is 13.1. The quantitative estimate of drug-likeness (QED) is 0.122. The second-order valence-corrected chi connectivity index (χ2v) is 21.6. The molecular weight excluding hydrogens is 937 g/mol. The Labute approximate surface area is 457 Å². The number of fused-ring (bicyclic) bond motifs is 12. The number of benzene rings is 15. The Bertz CT molecular complexity index is 4680. The van der Waals surface area contributed by atoms with Gasteiger partial charge in [-0.2, -0.15) is 0 Å². The van der Waals surface area contributed by atoms with Crippen LogP contribution in [0.3, 0.4) is 0 Å². The highest BCUT2D eigenvalue weighted by Crippen LogP contribution is 2.37. The highest BCUT2D eigenvalue weighted by Gasteiger charge is 2.11. The van der Waals surface area contributed by atoms with Crippen LogP contribution in [0.4, 0.5) is 0 Å². The fraction of sp³-hybridized carbons (Fsp3) is 0.0769. The molecule has 0 unspecified atom stereocenters. The fourth-order valence-corrected chi connectivity index (χ4v) is 12.1. The molecule has 0 heteroatoms. The Morgan fingerprint density at radius 1 is 0.192 bits per heavy atom. The maximum Gasteiger partial charge on any atom is -0.00990 e. The molecule has 0 fully saturated rings. The lowest BCUT2D eigenvalue weighted by Gasteiger charge is -2.12. The predicted octanol–water partition coefficient (Wildman–Crippen LogP) is 22.3. The summed E-state index contributed by atoms with van der Waals surface area (Å²) in [5.41, 5.74) is 15.9. The smallest absolute Gasteiger partial charge is 0.00990 e. The lowest BCUT2D eigenvalue weighted by atomic mass is 9.92. The minimum absolute atomic E-state index is 1.29. The van der Waals surface area contributed by atoms with Crippen molar-refractivity contribution in [3.63, 3.8) is 0 Å². The summed E-state index contributed by atoms with van der Waals surface area (Å²) in [5.74, 6) is 0. The molecular formula is C78H60. The lowest BCUT2D eigenvalue weighted by molar-refractivity contribution is 1.34. The summed E-state index contributed by atoms with van der Waals surface area (Å²) in [5, 5.41) is 23.5. The Balaban J connectivity index is 0.000000111. The number of aryl methyl sites for hydroxylation is 5. The van der Waals surface area contributed by atoms with Crippen molar-refractivity contribution >= 4 is 97.0 Å². The molecule has 0 heterocycles. The van der Waals surface area contributed by atoms with Crippen LogP contribution in [0.5, 0.6) is 0 Å². The van der Waals surface area contributed by atoms with Gasteiger partial charge in [0.15, 0.2) is 0 Å². The van der Waals surface area contributed by atoms with Gasteiger partial charge in [-0.1, -0.05) is 206 Å². The van der Waals surface area contributed by atoms with Crippen molar-refractivity contribution in [1.82, 2.24) is 0 Å². The molecule has 0 aliphatic carbocycles. The van der Waals surface area contributed by atoms with Gasteiger partial charge in [-0.15, -0.1) is 0 Å². The largest absolute Gasteiger partial charge is 0.0617 e. The van der Waals surface area contributed by atoms with E-state index in [0.29, 0.717) is 0 Å². The molecule has 0 radical (unpaired) electrons. The minimum Gasteiger partial charge on any atom is -0.0617 e. The van der Waals surface area contributed by atoms with E-state index in [0.717, 1.165) is 0 Å². The molecule has 372 valence electrons. The summed E-state index contributed by atoms with van der Waals surface area (Å²) in [4.78, 5) is 0. The van der Waals surface area contributed by atoms with E-state index in [1.54, 1.807) is 0 Å². The van der Waals surface area contributed by atoms with Crippen LogP contribution in [0.15, 0.2) is 255 Å². The van der Waals surface area contributed by atoms with Gasteiger partial charge in [0.1, 0.15) is 0 Å². The van der Waals surface area contributed by atoms with Gasteiger partial charge in [-0.3, -0.25) is 0 Å². The molecule has 0 aliphatic rings. The van der Waals surface area contributed by atoms with Crippen molar-refractivity contribution in [3.05, 3.63) is 288 Å². The summed E-state index contributed by atoms with van der Waals surface area (Å²) in [6, 6.07) is 93.5. The lowest BCUT2D eigenvalue weighted by Crippen LogP contribution is -1.88. The first-order valence-corrected chi connectivity index (χ1v) is 27.4. The van der Waals surface area contributed by atoms with Gasteiger partial charge < -0.3 is 0 Å². The number of hydrogen-bond donors (Lipinski definition) is 0. The molecule has 78 heavy (non-hydrogen) atoms. The maximum absolute atomic E-state index is 2.33. The molecule has 0 spiro atoms. The van der Waals surface area contributed by atoms with Crippen molar-refractivity contribution in [2.45, 2.75) is 41.5 Å². The van der Waals surface area contributed by atoms with Crippen molar-refractivity contribution in [3.8, 4) is 33.4 Å². The van der Waals surface area contributed by atoms with Crippen molar-refractivity contribution in [1.29, 1.82) is 0 Å². The van der Waals surface area contributed by atoms with Gasteiger partial charge in [-0.05, 0) is 254 Å². The molecule has 0 bridgehead atoms. The minimum atomic E-state index is 1.29. The highest BCUT2D eigenvalue weighted by molar-refractivity contribution is 6.15. The van der Waals surface area contributed by atoms with E-state index in [9.17, 15) is 0 Å². The summed E-state index contributed by atoms with van der Waals surface area (Å²) < 4.78 is 0. The van der Waals surface area contributed by atoms with Gasteiger partial charge in [-0.25, -0.2) is 0 Å². The van der Waals surface area contributed by atoms with Crippen LogP contribution in [0.25, 0.3) is 130 Å². The van der Waals surface area contributed by atoms with Gasteiger partial charge in [0, 0.05) is 0 Å². The summed E-state index contributed by atoms with van der Waals surface area (Å²) in [7, 11) is 0. The molecule has 15 aromatic carbocycles. The number of hydrogen-bond acceptors (Lipinski definition) is 0. The predicted molar refractivity (Wildman–Crippen MR) is 342 cm³/mol. The summed E-state index contributed by atoms with van der Waals surface area (Å²) >= 11 is 0. The standard InChI is InChI=1S/3C26H20/c1-17-6-5-7-18(2)26(17)22-13-11-20-16-25-21(14-23(20)15-22)12-10-19-8-3-4-9-24(19)25;1-17-6-5-9-24(18(17)2)21-13-11-20-16-26-22(15-23(20)14-21)12-10-19-7-3-4-8-25(19)26;1-17-7-8-18(2)25(13-17)21-12-10-20-16-26-22(15-23(20)14-21)11-9-19-5-3-4-6-24(19)26/h3*3-16H,1-2H3. The third-order valence-corrected chi connectivity index (χ3v) is 16.5. The third kappa shape index (κ3) is 9.00. The first-order chi connectivity index (χ1) is 38.1. The van der Waals surface area contributed by atoms with E-state index in [-0.39, 0.29) is 0 Å². The molecule has 15 aromatic rings.